The number of carbonyl (C=O) groups is 4. The fourth-order valence-electron chi connectivity index (χ4n) is 13.6. The highest BCUT2D eigenvalue weighted by molar-refractivity contribution is 5.94. The fraction of sp³-hybridized carbons (Fsp3) is 0.780. The highest BCUT2D eigenvalue weighted by Crippen LogP contribution is 2.43. The molecule has 4 fully saturated rings. The average molecular weight is 1110 g/mol. The van der Waals surface area contributed by atoms with Gasteiger partial charge in [0, 0.05) is 75.7 Å². The van der Waals surface area contributed by atoms with Gasteiger partial charge in [-0.25, -0.2) is 9.59 Å². The Hall–Kier alpha value is -4.09. The molecule has 18 atom stereocenters. The number of aliphatic hydroxyl groups excluding tert-OH is 1. The molecule has 5 aliphatic heterocycles. The number of aliphatic hydroxyl groups is 1. The van der Waals surface area contributed by atoms with Crippen LogP contribution in [0.3, 0.4) is 0 Å². The number of amides is 1. The van der Waals surface area contributed by atoms with Gasteiger partial charge in [0.2, 0.25) is 5.43 Å². The lowest BCUT2D eigenvalue weighted by atomic mass is 9.73. The zero-order valence-corrected chi connectivity index (χ0v) is 49.5. The molecule has 6 heterocycles. The van der Waals surface area contributed by atoms with Crippen LogP contribution >= 0.6 is 0 Å². The number of pyridine rings is 1. The maximum absolute atomic E-state index is 14.8. The number of fused-ring (bicyclic) bond motifs is 1. The number of ketones is 1. The topological polar surface area (TPSA) is 232 Å². The van der Waals surface area contributed by atoms with Gasteiger partial charge in [0.1, 0.15) is 29.7 Å². The maximum atomic E-state index is 14.8. The van der Waals surface area contributed by atoms with Gasteiger partial charge in [0.25, 0.3) is 0 Å². The van der Waals surface area contributed by atoms with E-state index in [4.69, 9.17) is 42.6 Å². The molecule has 20 heteroatoms. The van der Waals surface area contributed by atoms with E-state index in [9.17, 15) is 34.2 Å². The summed E-state index contributed by atoms with van der Waals surface area (Å²) >= 11 is 0. The van der Waals surface area contributed by atoms with Crippen LogP contribution in [-0.2, 0) is 71.6 Å². The van der Waals surface area contributed by atoms with E-state index < -0.39 is 119 Å². The first-order valence-corrected chi connectivity index (χ1v) is 28.7. The number of cyclic esters (lactones) is 1. The van der Waals surface area contributed by atoms with Crippen LogP contribution in [-0.4, -0.2) is 188 Å². The van der Waals surface area contributed by atoms with Crippen molar-refractivity contribution in [2.75, 3.05) is 55.1 Å². The van der Waals surface area contributed by atoms with E-state index in [-0.39, 0.29) is 42.8 Å². The number of aromatic nitrogens is 1. The number of benzene rings is 1. The molecule has 1 aromatic heterocycles. The van der Waals surface area contributed by atoms with Crippen molar-refractivity contribution in [3.05, 3.63) is 45.2 Å². The minimum Gasteiger partial charge on any atom is -0.477 e. The van der Waals surface area contributed by atoms with Crippen LogP contribution in [0, 0.1) is 23.7 Å². The molecule has 0 radical (unpaired) electrons. The fourth-order valence-corrected chi connectivity index (χ4v) is 13.6. The first-order chi connectivity index (χ1) is 37.2. The molecule has 4 saturated heterocycles. The van der Waals surface area contributed by atoms with Gasteiger partial charge >= 0.3 is 18.0 Å². The third-order valence-corrected chi connectivity index (χ3v) is 18.2. The van der Waals surface area contributed by atoms with Gasteiger partial charge in [0.15, 0.2) is 18.2 Å². The monoisotopic (exact) mass is 1110 g/mol. The predicted octanol–water partition coefficient (Wildman–Crippen LogP) is 6.13. The van der Waals surface area contributed by atoms with Gasteiger partial charge in [-0.05, 0) is 138 Å². The van der Waals surface area contributed by atoms with Crippen molar-refractivity contribution < 1.29 is 72.0 Å². The second kappa shape index (κ2) is 25.6. The molecule has 5 aliphatic rings. The van der Waals surface area contributed by atoms with Crippen LogP contribution in [0.25, 0.3) is 10.9 Å². The number of likely N-dealkylation sites (N-methyl/N-ethyl adjacent to an activating group) is 1. The molecule has 3 N–H and O–H groups in total. The number of carboxylic acids is 1. The number of esters is 1. The summed E-state index contributed by atoms with van der Waals surface area (Å²) in [6.07, 6.45) is -1.33. The molecular weight excluding hydrogens is 1020 g/mol. The summed E-state index contributed by atoms with van der Waals surface area (Å²) in [6, 6.07) is 2.91. The number of aromatic carboxylic acids is 1. The van der Waals surface area contributed by atoms with Gasteiger partial charge in [0.05, 0.1) is 53.1 Å². The van der Waals surface area contributed by atoms with Crippen molar-refractivity contribution in [2.24, 2.45) is 23.7 Å². The number of aryl methyl sites for hydroxylation is 3. The van der Waals surface area contributed by atoms with Crippen LogP contribution in [0.15, 0.2) is 23.1 Å². The molecular formula is C59H92N4O16. The Morgan fingerprint density at radius 3 is 2.24 bits per heavy atom. The van der Waals surface area contributed by atoms with E-state index in [0.29, 0.717) is 25.0 Å². The molecule has 0 unspecified atom stereocenters. The van der Waals surface area contributed by atoms with E-state index in [0.717, 1.165) is 61.8 Å². The molecule has 0 bridgehead atoms. The average Bonchev–Trinajstić information content (AvgIpc) is 3.83. The second-order valence-electron chi connectivity index (χ2n) is 24.4. The normalized spacial score (nSPS) is 37.6. The maximum Gasteiger partial charge on any atom is 0.408 e. The molecule has 444 valence electrons. The summed E-state index contributed by atoms with van der Waals surface area (Å²) in [6.45, 7) is 21.1. The van der Waals surface area contributed by atoms with Crippen LogP contribution in [0.4, 0.5) is 4.79 Å². The minimum absolute atomic E-state index is 0.153. The molecule has 0 aliphatic carbocycles. The van der Waals surface area contributed by atoms with Crippen molar-refractivity contribution in [3.8, 4) is 0 Å². The summed E-state index contributed by atoms with van der Waals surface area (Å²) in [5.41, 5.74) is -1.23. The molecule has 1 aromatic carbocycles. The van der Waals surface area contributed by atoms with Crippen LogP contribution in [0.1, 0.15) is 136 Å². The van der Waals surface area contributed by atoms with Crippen molar-refractivity contribution in [1.82, 2.24) is 19.7 Å². The number of carbonyl (C=O) groups excluding carboxylic acids is 3. The number of hydrogen-bond donors (Lipinski definition) is 3. The van der Waals surface area contributed by atoms with Crippen LogP contribution in [0.2, 0.25) is 0 Å². The summed E-state index contributed by atoms with van der Waals surface area (Å²) < 4.78 is 60.8. The number of hydrogen-bond acceptors (Lipinski definition) is 17. The molecule has 79 heavy (non-hydrogen) atoms. The smallest absolute Gasteiger partial charge is 0.408 e. The van der Waals surface area contributed by atoms with Crippen molar-refractivity contribution in [1.29, 1.82) is 0 Å². The molecule has 1 amide bonds. The number of alkyl carbamates (subject to hydrolysis) is 1. The van der Waals surface area contributed by atoms with Crippen molar-refractivity contribution in [2.45, 2.75) is 218 Å². The Labute approximate surface area is 466 Å². The van der Waals surface area contributed by atoms with Crippen molar-refractivity contribution in [3.63, 3.8) is 0 Å². The number of nitrogens with one attached hydrogen (secondary N) is 1. The Bertz CT molecular complexity index is 2540. The second-order valence-corrected chi connectivity index (χ2v) is 24.4. The van der Waals surface area contributed by atoms with Gasteiger partial charge in [-0.2, -0.15) is 0 Å². The Balaban J connectivity index is 1.08. The lowest BCUT2D eigenvalue weighted by Crippen LogP contribution is -2.61. The number of nitrogens with zero attached hydrogens (tertiary/aromatic N) is 3. The summed E-state index contributed by atoms with van der Waals surface area (Å²) in [7, 11) is 9.04. The summed E-state index contributed by atoms with van der Waals surface area (Å²) in [5.74, 6) is -5.09. The van der Waals surface area contributed by atoms with E-state index in [1.165, 1.54) is 6.20 Å². The minimum atomic E-state index is -1.39. The van der Waals surface area contributed by atoms with Gasteiger partial charge in [-0.3, -0.25) is 14.4 Å². The lowest BCUT2D eigenvalue weighted by molar-refractivity contribution is -0.322. The largest absolute Gasteiger partial charge is 0.477 e. The number of ether oxygens (including phenoxy) is 9. The lowest BCUT2D eigenvalue weighted by Gasteiger charge is -2.50. The van der Waals surface area contributed by atoms with Gasteiger partial charge in [-0.1, -0.05) is 33.8 Å². The summed E-state index contributed by atoms with van der Waals surface area (Å²) in [5, 5.41) is 24.9. The quantitative estimate of drug-likeness (QED) is 0.112. The Morgan fingerprint density at radius 1 is 0.899 bits per heavy atom. The van der Waals surface area contributed by atoms with E-state index in [2.05, 4.69) is 23.3 Å². The number of methoxy groups -OCH3 is 2. The van der Waals surface area contributed by atoms with E-state index in [1.807, 2.05) is 78.1 Å². The number of carboxylic acid groups (broad SMARTS) is 1. The third-order valence-electron chi connectivity index (χ3n) is 18.2. The van der Waals surface area contributed by atoms with Gasteiger partial charge in [-0.15, -0.1) is 0 Å². The number of rotatable bonds is 18. The SMILES string of the molecule is CC[C@H]1OC(=O)[C@H](C)[C@@H](O[C@H]2C[C@@](C)(OC)[C@@H](OCCCN(C)CCCc3cc4c5c(c3)c(=O)c(C(=O)O)cn5CCC4)[C@H](C)O2)[C@H](C)[C@@H](O[C@@H]2O[C@H](C)C[C@H](N(C)C)[C@H]2O)[C@](C)(OC)C[C@@H](C)C(=O)[C@@H](C)[C@H]2NC(=O)O[C@@]21C. The highest BCUT2D eigenvalue weighted by atomic mass is 16.7. The van der Waals surface area contributed by atoms with Crippen LogP contribution in [0.5, 0.6) is 0 Å². The standard InChI is InChI=1S/C59H92N4O16/c1-16-43-59(10)50(60-56(70)79-59)34(4)46(64)32(2)29-57(8,71-14)51(78-55-48(66)42(61(11)12)26-33(3)74-55)35(5)49(36(6)54(69)76-43)77-44-30-58(9,72-15)52(37(7)75-44)73-25-19-23-62(13)22-17-20-38-27-39-21-18-24-63-31-41(53(67)68)47(65)40(28-38)45(39)63/h27-28,31-37,42-44,48-52,55,66H,16-26,29-30H2,1-15H3,(H,60,70)(H,67,68)/t32-,33-,34-,35+,36-,37+,42+,43-,44+,48-,49+,50-,51-,52+,55+,57-,58-,59-/m1/s1. The number of Topliss-reactive ketones (excluding diaryl/α,β-unsaturated/α-hetero) is 1. The molecule has 2 aromatic rings. The Morgan fingerprint density at radius 2 is 1.58 bits per heavy atom. The highest BCUT2D eigenvalue weighted by Gasteiger charge is 2.58. The molecule has 20 nitrogen and oxygen atoms in total. The first kappa shape index (κ1) is 62.5. The summed E-state index contributed by atoms with van der Waals surface area (Å²) in [4.78, 5) is 71.8. The zero-order valence-electron chi connectivity index (χ0n) is 49.5. The predicted molar refractivity (Wildman–Crippen MR) is 294 cm³/mol. The van der Waals surface area contributed by atoms with Gasteiger partial charge < -0.3 is 72.5 Å². The van der Waals surface area contributed by atoms with Crippen molar-refractivity contribution >= 4 is 34.7 Å². The Kier molecular flexibility index (Phi) is 20.2. The molecule has 0 saturated carbocycles. The van der Waals surface area contributed by atoms with Crippen LogP contribution < -0.4 is 10.7 Å². The van der Waals surface area contributed by atoms with E-state index >= 15 is 0 Å². The molecule has 7 rings (SSSR count). The molecule has 0 spiro atoms. The first-order valence-electron chi connectivity index (χ1n) is 28.7. The zero-order chi connectivity index (χ0) is 58.1. The van der Waals surface area contributed by atoms with E-state index in [1.54, 1.807) is 35.0 Å². The third kappa shape index (κ3) is 13.2.